The van der Waals surface area contributed by atoms with Crippen LogP contribution in [-0.2, 0) is 11.3 Å². The highest BCUT2D eigenvalue weighted by atomic mass is 19.4. The molecule has 1 N–H and O–H groups in total. The smallest absolute Gasteiger partial charge is 0.349 e. The zero-order chi connectivity index (χ0) is 16.4. The normalized spacial score (nSPS) is 22.2. The van der Waals surface area contributed by atoms with E-state index in [4.69, 9.17) is 0 Å². The second-order valence-electron chi connectivity index (χ2n) is 5.80. The van der Waals surface area contributed by atoms with Crippen LogP contribution < -0.4 is 5.32 Å². The van der Waals surface area contributed by atoms with Gasteiger partial charge in [-0.15, -0.1) is 10.2 Å². The predicted molar refractivity (Wildman–Crippen MR) is 76.3 cm³/mol. The fraction of sp³-hybridized carbons (Fsp3) is 0.533. The van der Waals surface area contributed by atoms with Gasteiger partial charge >= 0.3 is 6.18 Å². The molecule has 2 aromatic rings. The summed E-state index contributed by atoms with van der Waals surface area (Å²) in [5.74, 6) is -2.62. The molecule has 1 amide bonds. The Hall–Kier alpha value is -2.12. The Morgan fingerprint density at radius 3 is 2.83 bits per heavy atom. The summed E-state index contributed by atoms with van der Waals surface area (Å²) < 4.78 is 40.9. The van der Waals surface area contributed by atoms with Crippen LogP contribution in [0.3, 0.4) is 0 Å². The van der Waals surface area contributed by atoms with Crippen molar-refractivity contribution in [3.8, 4) is 0 Å². The second-order valence-corrected chi connectivity index (χ2v) is 5.80. The minimum atomic E-state index is -4.33. The Balaban J connectivity index is 1.68. The first-order chi connectivity index (χ1) is 11.0. The zero-order valence-electron chi connectivity index (χ0n) is 12.4. The molecule has 3 rings (SSSR count). The number of nitrogens with zero attached hydrogens (tertiary/aromatic N) is 3. The Morgan fingerprint density at radius 1 is 1.26 bits per heavy atom. The Kier molecular flexibility index (Phi) is 4.23. The largest absolute Gasteiger partial charge is 0.392 e. The van der Waals surface area contributed by atoms with Gasteiger partial charge in [0.2, 0.25) is 5.91 Å². The summed E-state index contributed by atoms with van der Waals surface area (Å²) in [6, 6.07) is 5.37. The van der Waals surface area contributed by atoms with E-state index in [0.29, 0.717) is 24.3 Å². The number of halogens is 3. The van der Waals surface area contributed by atoms with E-state index in [0.717, 1.165) is 0 Å². The van der Waals surface area contributed by atoms with E-state index in [2.05, 4.69) is 15.5 Å². The molecule has 23 heavy (non-hydrogen) atoms. The summed E-state index contributed by atoms with van der Waals surface area (Å²) in [7, 11) is 0. The van der Waals surface area contributed by atoms with Crippen LogP contribution in [0.4, 0.5) is 13.2 Å². The van der Waals surface area contributed by atoms with Crippen LogP contribution >= 0.6 is 0 Å². The number of rotatable bonds is 3. The first kappa shape index (κ1) is 15.8. The third-order valence-electron chi connectivity index (χ3n) is 4.33. The van der Waals surface area contributed by atoms with E-state index >= 15 is 0 Å². The lowest BCUT2D eigenvalue weighted by Crippen LogP contribution is -2.42. The number of pyridine rings is 1. The van der Waals surface area contributed by atoms with Gasteiger partial charge in [-0.2, -0.15) is 13.2 Å². The molecule has 5 nitrogen and oxygen atoms in total. The number of hydrogen-bond donors (Lipinski definition) is 1. The fourth-order valence-corrected chi connectivity index (χ4v) is 3.15. The highest BCUT2D eigenvalue weighted by Gasteiger charge is 2.47. The van der Waals surface area contributed by atoms with Gasteiger partial charge in [0.25, 0.3) is 0 Å². The molecular formula is C15H17F3N4O. The molecule has 1 saturated carbocycles. The van der Waals surface area contributed by atoms with Crippen LogP contribution in [0.2, 0.25) is 0 Å². The van der Waals surface area contributed by atoms with Crippen molar-refractivity contribution in [1.29, 1.82) is 0 Å². The molecule has 2 heterocycles. The third-order valence-corrected chi connectivity index (χ3v) is 4.33. The molecule has 1 aliphatic carbocycles. The van der Waals surface area contributed by atoms with Crippen molar-refractivity contribution < 1.29 is 18.0 Å². The van der Waals surface area contributed by atoms with Crippen molar-refractivity contribution in [3.05, 3.63) is 30.2 Å². The van der Waals surface area contributed by atoms with Gasteiger partial charge in [0, 0.05) is 12.1 Å². The molecule has 0 bridgehead atoms. The van der Waals surface area contributed by atoms with E-state index in [1.54, 1.807) is 22.7 Å². The highest BCUT2D eigenvalue weighted by Crippen LogP contribution is 2.41. The molecular weight excluding hydrogens is 309 g/mol. The summed E-state index contributed by atoms with van der Waals surface area (Å²) in [6.45, 7) is 0.0606. The summed E-state index contributed by atoms with van der Waals surface area (Å²) >= 11 is 0. The molecule has 0 aliphatic heterocycles. The van der Waals surface area contributed by atoms with Gasteiger partial charge < -0.3 is 5.32 Å². The van der Waals surface area contributed by atoms with E-state index in [-0.39, 0.29) is 19.4 Å². The molecule has 2 atom stereocenters. The molecule has 2 aromatic heterocycles. The van der Waals surface area contributed by atoms with Crippen molar-refractivity contribution in [1.82, 2.24) is 19.9 Å². The van der Waals surface area contributed by atoms with Crippen molar-refractivity contribution in [2.75, 3.05) is 0 Å². The minimum Gasteiger partial charge on any atom is -0.349 e. The van der Waals surface area contributed by atoms with Gasteiger partial charge in [-0.05, 0) is 25.0 Å². The second kappa shape index (κ2) is 6.17. The molecule has 1 fully saturated rings. The first-order valence-corrected chi connectivity index (χ1v) is 7.60. The van der Waals surface area contributed by atoms with Crippen molar-refractivity contribution in [2.45, 2.75) is 38.4 Å². The first-order valence-electron chi connectivity index (χ1n) is 7.60. The van der Waals surface area contributed by atoms with Crippen LogP contribution in [0.1, 0.15) is 31.5 Å². The van der Waals surface area contributed by atoms with E-state index in [9.17, 15) is 18.0 Å². The van der Waals surface area contributed by atoms with Gasteiger partial charge in [0.05, 0.1) is 12.5 Å². The number of carbonyl (C=O) groups is 1. The van der Waals surface area contributed by atoms with Crippen molar-refractivity contribution in [3.63, 3.8) is 0 Å². The minimum absolute atomic E-state index is 0.0233. The van der Waals surface area contributed by atoms with Gasteiger partial charge in [-0.3, -0.25) is 9.20 Å². The van der Waals surface area contributed by atoms with Crippen LogP contribution in [0.15, 0.2) is 24.4 Å². The molecule has 1 aliphatic rings. The number of aromatic nitrogens is 3. The Bertz CT molecular complexity index is 697. The van der Waals surface area contributed by atoms with Crippen LogP contribution in [0, 0.1) is 11.8 Å². The molecule has 0 spiro atoms. The predicted octanol–water partition coefficient (Wildman–Crippen LogP) is 2.71. The van der Waals surface area contributed by atoms with Crippen LogP contribution in [0.5, 0.6) is 0 Å². The molecule has 124 valence electrons. The highest BCUT2D eigenvalue weighted by molar-refractivity contribution is 5.79. The third kappa shape index (κ3) is 3.30. The number of alkyl halides is 3. The standard InChI is InChI=1S/C15H17F3N4O/c16-15(17,18)11-6-2-1-5-10(11)14(23)19-9-13-21-20-12-7-3-4-8-22(12)13/h3-4,7-8,10-11H,1-2,5-6,9H2,(H,19,23)/t10-,11-/m0/s1. The summed E-state index contributed by atoms with van der Waals surface area (Å²) in [5.41, 5.74) is 0.627. The van der Waals surface area contributed by atoms with Crippen LogP contribution in [-0.4, -0.2) is 26.7 Å². The van der Waals surface area contributed by atoms with Gasteiger partial charge in [-0.25, -0.2) is 0 Å². The fourth-order valence-electron chi connectivity index (χ4n) is 3.15. The number of nitrogens with one attached hydrogen (secondary N) is 1. The molecule has 0 saturated heterocycles. The lowest BCUT2D eigenvalue weighted by Gasteiger charge is -2.31. The average molecular weight is 326 g/mol. The van der Waals surface area contributed by atoms with E-state index in [1.807, 2.05) is 6.07 Å². The molecule has 0 unspecified atom stereocenters. The topological polar surface area (TPSA) is 59.3 Å². The van der Waals surface area contributed by atoms with E-state index in [1.165, 1.54) is 0 Å². The summed E-state index contributed by atoms with van der Waals surface area (Å²) in [4.78, 5) is 12.2. The van der Waals surface area contributed by atoms with Gasteiger partial charge in [0.15, 0.2) is 11.5 Å². The Labute approximate surface area is 130 Å². The SMILES string of the molecule is O=C(NCc1nnc2ccccn12)[C@H]1CCCC[C@@H]1C(F)(F)F. The van der Waals surface area contributed by atoms with Crippen molar-refractivity contribution >= 4 is 11.6 Å². The monoisotopic (exact) mass is 326 g/mol. The Morgan fingerprint density at radius 2 is 2.04 bits per heavy atom. The van der Waals surface area contributed by atoms with Crippen LogP contribution in [0.25, 0.3) is 5.65 Å². The average Bonchev–Trinajstić information content (AvgIpc) is 2.95. The van der Waals surface area contributed by atoms with Gasteiger partial charge in [-0.1, -0.05) is 18.9 Å². The molecule has 0 radical (unpaired) electrons. The zero-order valence-corrected chi connectivity index (χ0v) is 12.4. The summed E-state index contributed by atoms with van der Waals surface area (Å²) in [6.07, 6.45) is -1.12. The maximum atomic E-state index is 13.1. The quantitative estimate of drug-likeness (QED) is 0.943. The maximum absolute atomic E-state index is 13.1. The summed E-state index contributed by atoms with van der Waals surface area (Å²) in [5, 5.41) is 10.5. The maximum Gasteiger partial charge on any atom is 0.392 e. The lowest BCUT2D eigenvalue weighted by molar-refractivity contribution is -0.198. The van der Waals surface area contributed by atoms with Crippen molar-refractivity contribution in [2.24, 2.45) is 11.8 Å². The lowest BCUT2D eigenvalue weighted by atomic mass is 9.78. The number of fused-ring (bicyclic) bond motifs is 1. The van der Waals surface area contributed by atoms with E-state index < -0.39 is 23.9 Å². The number of carbonyl (C=O) groups excluding carboxylic acids is 1. The molecule has 0 aromatic carbocycles. The number of hydrogen-bond acceptors (Lipinski definition) is 3. The van der Waals surface area contributed by atoms with Gasteiger partial charge in [0.1, 0.15) is 0 Å². The number of amides is 1. The molecule has 8 heteroatoms.